The third-order valence-electron chi connectivity index (χ3n) is 1.08. The van der Waals surface area contributed by atoms with E-state index in [0.717, 1.165) is 10.6 Å². The minimum atomic E-state index is 0.840. The van der Waals surface area contributed by atoms with Crippen molar-refractivity contribution in [1.82, 2.24) is 0 Å². The molecule has 0 atom stereocenters. The lowest BCUT2D eigenvalue weighted by Gasteiger charge is -1.90. The van der Waals surface area contributed by atoms with Crippen LogP contribution in [-0.4, -0.2) is 10.2 Å². The summed E-state index contributed by atoms with van der Waals surface area (Å²) in [7, 11) is 2.97. The Morgan fingerprint density at radius 2 is 1.70 bits per heavy atom. The van der Waals surface area contributed by atoms with E-state index in [4.69, 9.17) is 11.6 Å². The topological polar surface area (TPSA) is 0 Å². The summed E-state index contributed by atoms with van der Waals surface area (Å²) in [5.74, 6) is 0. The highest BCUT2D eigenvalue weighted by atomic mass is 35.5. The quantitative estimate of drug-likeness (QED) is 0.524. The first-order valence-electron chi connectivity index (χ1n) is 3.02. The van der Waals surface area contributed by atoms with Gasteiger partial charge >= 0.3 is 0 Å². The fourth-order valence-corrected chi connectivity index (χ4v) is 0.687. The maximum Gasteiger partial charge on any atom is 0.0435 e. The molecule has 10 heavy (non-hydrogen) atoms. The minimum Gasteiger partial charge on any atom is -0.0841 e. The molecule has 0 fully saturated rings. The predicted octanol–water partition coefficient (Wildman–Crippen LogP) is 2.85. The van der Waals surface area contributed by atoms with Crippen LogP contribution in [0.15, 0.2) is 24.3 Å². The van der Waals surface area contributed by atoms with Crippen LogP contribution in [-0.2, 0) is 0 Å². The minimum absolute atomic E-state index is 0.840. The molecule has 0 saturated heterocycles. The molecule has 1 aromatic carbocycles. The summed E-state index contributed by atoms with van der Waals surface area (Å²) in [6.07, 6.45) is 0. The van der Waals surface area contributed by atoms with Gasteiger partial charge in [0.1, 0.15) is 0 Å². The fraction of sp³-hybridized carbons (Fsp3) is 0.250. The first-order chi connectivity index (χ1) is 4.80. The van der Waals surface area contributed by atoms with Crippen LogP contribution in [0, 0.1) is 6.92 Å². The number of benzene rings is 1. The van der Waals surface area contributed by atoms with Crippen molar-refractivity contribution in [1.29, 1.82) is 0 Å². The Balaban J connectivity index is 0.000000371. The Bertz CT molecular complexity index is 165. The first-order valence-corrected chi connectivity index (χ1v) is 4.39. The van der Waals surface area contributed by atoms with E-state index in [-0.39, 0.29) is 0 Å². The van der Waals surface area contributed by atoms with Crippen molar-refractivity contribution in [3.05, 3.63) is 34.9 Å². The van der Waals surface area contributed by atoms with Gasteiger partial charge in [0.25, 0.3) is 0 Å². The van der Waals surface area contributed by atoms with Gasteiger partial charge in [0, 0.05) is 15.3 Å². The number of aryl methyl sites for hydroxylation is 1. The van der Waals surface area contributed by atoms with Crippen LogP contribution < -0.4 is 0 Å². The third-order valence-corrected chi connectivity index (χ3v) is 1.50. The van der Waals surface area contributed by atoms with Crippen molar-refractivity contribution < 1.29 is 0 Å². The van der Waals surface area contributed by atoms with Crippen molar-refractivity contribution in [3.8, 4) is 0 Å². The van der Waals surface area contributed by atoms with Gasteiger partial charge < -0.3 is 0 Å². The number of halogens is 1. The van der Waals surface area contributed by atoms with E-state index >= 15 is 0 Å². The van der Waals surface area contributed by atoms with Gasteiger partial charge in [0.2, 0.25) is 0 Å². The highest BCUT2D eigenvalue weighted by Gasteiger charge is 1.86. The molecule has 0 saturated carbocycles. The molecule has 1 aromatic rings. The summed E-state index contributed by atoms with van der Waals surface area (Å²) >= 11 is 5.71. The molecule has 0 unspecified atom stereocenters. The van der Waals surface area contributed by atoms with Crippen molar-refractivity contribution in [2.24, 2.45) is 0 Å². The molecule has 2 heteroatoms. The van der Waals surface area contributed by atoms with E-state index in [0.29, 0.717) is 0 Å². The molecule has 0 aliphatic carbocycles. The molecular formula is C8H10ClSi. The van der Waals surface area contributed by atoms with Crippen LogP contribution >= 0.6 is 11.6 Å². The lowest BCUT2D eigenvalue weighted by Crippen LogP contribution is -1.68. The molecule has 0 spiro atoms. The summed E-state index contributed by atoms with van der Waals surface area (Å²) in [5, 5.41) is 0.840. The van der Waals surface area contributed by atoms with E-state index in [1.165, 1.54) is 0 Å². The van der Waals surface area contributed by atoms with Crippen LogP contribution in [0.4, 0.5) is 0 Å². The van der Waals surface area contributed by atoms with Gasteiger partial charge in [-0.15, -0.1) is 0 Å². The standard InChI is InChI=1S/C7H7Cl.CH3Si/c1-6-4-2-3-5-7(6)8;1-2/h2-5H,1H3;1H3. The summed E-state index contributed by atoms with van der Waals surface area (Å²) in [6.45, 7) is 3.79. The number of rotatable bonds is 0. The molecule has 0 aliphatic heterocycles. The Labute approximate surface area is 70.6 Å². The Hall–Kier alpha value is -0.273. The second-order valence-electron chi connectivity index (χ2n) is 1.75. The molecule has 0 N–H and O–H groups in total. The van der Waals surface area contributed by atoms with Gasteiger partial charge in [0.15, 0.2) is 0 Å². The predicted molar refractivity (Wildman–Crippen MR) is 47.8 cm³/mol. The largest absolute Gasteiger partial charge is 0.0841 e. The van der Waals surface area contributed by atoms with Crippen molar-refractivity contribution in [3.63, 3.8) is 0 Å². The Morgan fingerprint density at radius 1 is 1.20 bits per heavy atom. The summed E-state index contributed by atoms with van der Waals surface area (Å²) in [6, 6.07) is 7.77. The zero-order valence-electron chi connectivity index (χ0n) is 6.19. The zero-order valence-corrected chi connectivity index (χ0v) is 7.94. The number of hydrogen-bond donors (Lipinski definition) is 0. The maximum atomic E-state index is 5.71. The van der Waals surface area contributed by atoms with Crippen LogP contribution in [0.5, 0.6) is 0 Å². The van der Waals surface area contributed by atoms with Crippen molar-refractivity contribution in [2.45, 2.75) is 13.5 Å². The Kier molecular flexibility index (Phi) is 5.36. The smallest absolute Gasteiger partial charge is 0.0435 e. The van der Waals surface area contributed by atoms with E-state index in [2.05, 4.69) is 10.2 Å². The lowest BCUT2D eigenvalue weighted by molar-refractivity contribution is 1.47. The maximum absolute atomic E-state index is 5.71. The van der Waals surface area contributed by atoms with Crippen molar-refractivity contribution in [2.75, 3.05) is 0 Å². The summed E-state index contributed by atoms with van der Waals surface area (Å²) in [5.41, 5.74) is 1.13. The second kappa shape index (κ2) is 5.51. The molecule has 0 amide bonds. The molecule has 0 nitrogen and oxygen atoms in total. The molecular weight excluding hydrogens is 160 g/mol. The van der Waals surface area contributed by atoms with Crippen LogP contribution in [0.1, 0.15) is 5.56 Å². The molecule has 1 rings (SSSR count). The van der Waals surface area contributed by atoms with Gasteiger partial charge in [-0.2, -0.15) is 0 Å². The monoisotopic (exact) mass is 169 g/mol. The Morgan fingerprint density at radius 3 is 2.00 bits per heavy atom. The first kappa shape index (κ1) is 9.73. The van der Waals surface area contributed by atoms with E-state index in [1.807, 2.05) is 31.2 Å². The van der Waals surface area contributed by atoms with Gasteiger partial charge in [-0.3, -0.25) is 0 Å². The fourth-order valence-electron chi connectivity index (χ4n) is 0.551. The normalized spacial score (nSPS) is 8.00. The number of hydrogen-bond acceptors (Lipinski definition) is 0. The van der Waals surface area contributed by atoms with Crippen LogP contribution in [0.3, 0.4) is 0 Å². The highest BCUT2D eigenvalue weighted by molar-refractivity contribution is 6.31. The highest BCUT2D eigenvalue weighted by Crippen LogP contribution is 2.11. The van der Waals surface area contributed by atoms with Gasteiger partial charge in [-0.1, -0.05) is 36.3 Å². The average Bonchev–Trinajstić information content (AvgIpc) is 2.00. The lowest BCUT2D eigenvalue weighted by atomic mass is 10.2. The van der Waals surface area contributed by atoms with E-state index in [1.54, 1.807) is 6.55 Å². The van der Waals surface area contributed by atoms with E-state index < -0.39 is 0 Å². The summed E-state index contributed by atoms with van der Waals surface area (Å²) in [4.78, 5) is 0. The average molecular weight is 170 g/mol. The van der Waals surface area contributed by atoms with Gasteiger partial charge in [-0.05, 0) is 18.6 Å². The third kappa shape index (κ3) is 3.04. The molecule has 0 aliphatic rings. The van der Waals surface area contributed by atoms with Crippen LogP contribution in [0.25, 0.3) is 0 Å². The zero-order chi connectivity index (χ0) is 7.98. The molecule has 0 bridgehead atoms. The molecule has 0 aromatic heterocycles. The molecule has 3 radical (unpaired) electrons. The molecule has 53 valence electrons. The second-order valence-corrected chi connectivity index (χ2v) is 2.16. The SMILES string of the molecule is C[Si].Cc1ccccc1Cl. The molecule has 0 heterocycles. The summed E-state index contributed by atoms with van der Waals surface area (Å²) < 4.78 is 0. The van der Waals surface area contributed by atoms with Crippen LogP contribution in [0.2, 0.25) is 11.6 Å². The van der Waals surface area contributed by atoms with Crippen molar-refractivity contribution >= 4 is 21.8 Å². The van der Waals surface area contributed by atoms with Gasteiger partial charge in [-0.25, -0.2) is 0 Å². The van der Waals surface area contributed by atoms with E-state index in [9.17, 15) is 0 Å². The van der Waals surface area contributed by atoms with Gasteiger partial charge in [0.05, 0.1) is 0 Å².